The molecule has 0 amide bonds. The number of nitrogens with two attached hydrogens (primary N) is 2. The van der Waals surface area contributed by atoms with Gasteiger partial charge in [-0.25, -0.2) is 17.6 Å². The number of nitrogens with zero attached hydrogens (tertiary/aromatic N) is 3. The van der Waals surface area contributed by atoms with Gasteiger partial charge in [0.15, 0.2) is 0 Å². The van der Waals surface area contributed by atoms with E-state index in [0.717, 1.165) is 13.1 Å². The average Bonchev–Trinajstić information content (AvgIpc) is 3.09. The third-order valence-corrected chi connectivity index (χ3v) is 7.01. The number of hydrogen-bond acceptors (Lipinski definition) is 6. The predicted molar refractivity (Wildman–Crippen MR) is 145 cm³/mol. The van der Waals surface area contributed by atoms with Gasteiger partial charge in [0.1, 0.15) is 21.5 Å². The molecule has 0 aliphatic carbocycles. The second kappa shape index (κ2) is 11.9. The Labute approximate surface area is 234 Å². The molecule has 5 N–H and O–H groups in total. The van der Waals surface area contributed by atoms with Gasteiger partial charge in [-0.15, -0.1) is 5.10 Å². The highest BCUT2D eigenvalue weighted by Crippen LogP contribution is 2.28. The van der Waals surface area contributed by atoms with Crippen molar-refractivity contribution in [2.75, 3.05) is 10.5 Å². The summed E-state index contributed by atoms with van der Waals surface area (Å²) < 4.78 is 79.3. The lowest BCUT2D eigenvalue weighted by Crippen LogP contribution is -2.25. The summed E-state index contributed by atoms with van der Waals surface area (Å²) in [7, 11) is -3.04. The van der Waals surface area contributed by atoms with Gasteiger partial charge in [-0.2, -0.15) is 17.9 Å². The molecule has 0 radical (unpaired) electrons. The smallest absolute Gasteiger partial charge is 0.389 e. The molecule has 3 aromatic rings. The van der Waals surface area contributed by atoms with E-state index in [4.69, 9.17) is 59.1 Å². The van der Waals surface area contributed by atoms with Crippen LogP contribution in [0, 0.1) is 5.82 Å². The monoisotopic (exact) mass is 632 g/mol. The average molecular weight is 634 g/mol. The fraction of sp³-hybridized carbons (Fsp3) is 0.200. The highest BCUT2D eigenvalue weighted by Gasteiger charge is 2.38. The Bertz CT molecular complexity index is 1550. The Morgan fingerprint density at radius 2 is 1.68 bits per heavy atom. The number of anilines is 1. The molecule has 0 bridgehead atoms. The van der Waals surface area contributed by atoms with Crippen molar-refractivity contribution >= 4 is 73.3 Å². The second-order valence-electron chi connectivity index (χ2n) is 7.25. The third kappa shape index (κ3) is 7.19. The number of rotatable bonds is 6. The Balaban J connectivity index is 0.000000384. The number of thiocarbonyl (C=S) groups is 2. The van der Waals surface area contributed by atoms with Crippen LogP contribution in [0.25, 0.3) is 5.69 Å². The summed E-state index contributed by atoms with van der Waals surface area (Å²) in [6, 6.07) is 6.64. The first-order valence-electron chi connectivity index (χ1n) is 10.0. The predicted octanol–water partition coefficient (Wildman–Crippen LogP) is 3.75. The quantitative estimate of drug-likeness (QED) is 0.276. The number of aromatic nitrogens is 3. The van der Waals surface area contributed by atoms with Crippen LogP contribution >= 0.6 is 47.6 Å². The maximum atomic E-state index is 14.4. The number of alkyl halides is 3. The minimum Gasteiger partial charge on any atom is -0.389 e. The van der Waals surface area contributed by atoms with Gasteiger partial charge in [0.05, 0.1) is 21.5 Å². The van der Waals surface area contributed by atoms with Crippen LogP contribution in [0.15, 0.2) is 35.1 Å². The molecule has 0 saturated carbocycles. The molecule has 0 unspecified atom stereocenters. The van der Waals surface area contributed by atoms with Crippen molar-refractivity contribution in [2.24, 2.45) is 18.5 Å². The summed E-state index contributed by atoms with van der Waals surface area (Å²) in [5, 5.41) is 4.09. The molecule has 0 saturated heterocycles. The summed E-state index contributed by atoms with van der Waals surface area (Å²) in [6.45, 7) is 1.33. The molecule has 0 aliphatic rings. The number of sulfonamides is 1. The van der Waals surface area contributed by atoms with Crippen LogP contribution in [0.4, 0.5) is 23.2 Å². The fourth-order valence-corrected chi connectivity index (χ4v) is 4.58. The van der Waals surface area contributed by atoms with E-state index in [0.29, 0.717) is 21.7 Å². The first-order valence-corrected chi connectivity index (χ1v) is 13.2. The van der Waals surface area contributed by atoms with Crippen molar-refractivity contribution in [3.05, 3.63) is 73.6 Å². The molecule has 1 aromatic heterocycles. The zero-order chi connectivity index (χ0) is 29.2. The Kier molecular flexibility index (Phi) is 9.88. The first kappa shape index (κ1) is 31.4. The molecule has 0 atom stereocenters. The van der Waals surface area contributed by atoms with Crippen LogP contribution in [0.2, 0.25) is 10.0 Å². The van der Waals surface area contributed by atoms with E-state index in [2.05, 4.69) is 9.82 Å². The summed E-state index contributed by atoms with van der Waals surface area (Å²) in [4.78, 5) is 11.9. The molecule has 0 spiro atoms. The summed E-state index contributed by atoms with van der Waals surface area (Å²) in [5.41, 5.74) is 8.87. The van der Waals surface area contributed by atoms with Gasteiger partial charge in [-0.05, 0) is 31.2 Å². The van der Waals surface area contributed by atoms with E-state index in [-0.39, 0.29) is 36.2 Å². The standard InChI is InChI=1S/C13H13F4N5O3S2.C7H5Cl2NS/c1-3-27(24,25)20-8-5-9(7(14)4-6(8)10(18)26)22-12(23)21(2)11(19-22)13(15,16)17;8-4-2-1-3-5(9)6(4)7(10)11/h4-5,20H,3H2,1-2H3,(H2,18,26);1-3H,(H2,10,11). The minimum atomic E-state index is -4.96. The molecule has 0 fully saturated rings. The molecule has 3 rings (SSSR count). The van der Waals surface area contributed by atoms with Crippen LogP contribution in [0.5, 0.6) is 0 Å². The second-order valence-corrected chi connectivity index (χ2v) is 11.0. The van der Waals surface area contributed by atoms with Crippen LogP contribution in [-0.4, -0.2) is 38.5 Å². The van der Waals surface area contributed by atoms with Gasteiger partial charge in [-0.3, -0.25) is 9.29 Å². The molecule has 206 valence electrons. The number of benzene rings is 2. The van der Waals surface area contributed by atoms with Crippen LogP contribution in [-0.2, 0) is 23.2 Å². The zero-order valence-corrected chi connectivity index (χ0v) is 23.3. The first-order chi connectivity index (χ1) is 17.4. The van der Waals surface area contributed by atoms with Crippen molar-refractivity contribution in [1.82, 2.24) is 14.3 Å². The van der Waals surface area contributed by atoms with E-state index in [9.17, 15) is 30.8 Å². The van der Waals surface area contributed by atoms with Gasteiger partial charge in [0.25, 0.3) is 0 Å². The lowest BCUT2D eigenvalue weighted by Gasteiger charge is -2.13. The van der Waals surface area contributed by atoms with Crippen molar-refractivity contribution in [3.8, 4) is 5.69 Å². The van der Waals surface area contributed by atoms with E-state index in [1.807, 2.05) is 0 Å². The van der Waals surface area contributed by atoms with Gasteiger partial charge < -0.3 is 11.5 Å². The van der Waals surface area contributed by atoms with Gasteiger partial charge >= 0.3 is 11.9 Å². The lowest BCUT2D eigenvalue weighted by atomic mass is 10.1. The molecule has 2 aromatic carbocycles. The molecule has 9 nitrogen and oxygen atoms in total. The highest BCUT2D eigenvalue weighted by molar-refractivity contribution is 7.92. The highest BCUT2D eigenvalue weighted by atomic mass is 35.5. The van der Waals surface area contributed by atoms with Gasteiger partial charge in [0, 0.05) is 18.2 Å². The van der Waals surface area contributed by atoms with E-state index >= 15 is 0 Å². The fourth-order valence-electron chi connectivity index (χ4n) is 2.83. The zero-order valence-electron chi connectivity index (χ0n) is 19.3. The Morgan fingerprint density at radius 1 is 1.13 bits per heavy atom. The minimum absolute atomic E-state index is 0.172. The molecule has 0 aliphatic heterocycles. The van der Waals surface area contributed by atoms with Crippen molar-refractivity contribution in [3.63, 3.8) is 0 Å². The molecular weight excluding hydrogens is 615 g/mol. The van der Waals surface area contributed by atoms with Crippen molar-refractivity contribution < 1.29 is 26.0 Å². The van der Waals surface area contributed by atoms with Gasteiger partial charge in [-0.1, -0.05) is 53.7 Å². The SMILES string of the molecule is CCS(=O)(=O)Nc1cc(-n2nc(C(F)(F)F)n(C)c2=O)c(F)cc1C(N)=S.NC(=S)c1c(Cl)cccc1Cl. The van der Waals surface area contributed by atoms with Crippen LogP contribution in [0.3, 0.4) is 0 Å². The summed E-state index contributed by atoms with van der Waals surface area (Å²) >= 11 is 21.0. The lowest BCUT2D eigenvalue weighted by molar-refractivity contribution is -0.147. The van der Waals surface area contributed by atoms with Crippen LogP contribution in [0.1, 0.15) is 23.9 Å². The Morgan fingerprint density at radius 3 is 2.08 bits per heavy atom. The largest absolute Gasteiger partial charge is 0.451 e. The summed E-state index contributed by atoms with van der Waals surface area (Å²) in [6.07, 6.45) is -4.96. The van der Waals surface area contributed by atoms with Crippen molar-refractivity contribution in [2.45, 2.75) is 13.1 Å². The number of nitrogens with one attached hydrogen (secondary N) is 1. The molecule has 18 heteroatoms. The topological polar surface area (TPSA) is 138 Å². The normalized spacial score (nSPS) is 11.5. The maximum absolute atomic E-state index is 14.4. The van der Waals surface area contributed by atoms with E-state index < -0.39 is 39.2 Å². The third-order valence-electron chi connectivity index (χ3n) is 4.67. The van der Waals surface area contributed by atoms with Gasteiger partial charge in [0.2, 0.25) is 15.8 Å². The van der Waals surface area contributed by atoms with Crippen molar-refractivity contribution in [1.29, 1.82) is 0 Å². The van der Waals surface area contributed by atoms with Crippen LogP contribution < -0.4 is 21.9 Å². The summed E-state index contributed by atoms with van der Waals surface area (Å²) in [5.74, 6) is -3.08. The molecule has 1 heterocycles. The van der Waals surface area contributed by atoms with E-state index in [1.54, 1.807) is 18.2 Å². The molecule has 38 heavy (non-hydrogen) atoms. The number of hydrogen-bond donors (Lipinski definition) is 3. The maximum Gasteiger partial charge on any atom is 0.451 e. The van der Waals surface area contributed by atoms with E-state index in [1.165, 1.54) is 6.92 Å². The Hall–Kier alpha value is -2.79. The number of halogens is 6. The molecular formula is C20H18Cl2F4N6O3S3.